The first-order valence-corrected chi connectivity index (χ1v) is 3.94. The molecule has 0 unspecified atom stereocenters. The van der Waals surface area contributed by atoms with Crippen molar-refractivity contribution in [3.63, 3.8) is 0 Å². The van der Waals surface area contributed by atoms with Gasteiger partial charge in [-0.3, -0.25) is 0 Å². The zero-order valence-electron chi connectivity index (χ0n) is 7.91. The molecule has 0 atom stereocenters. The lowest BCUT2D eigenvalue weighted by Gasteiger charge is -1.94. The molecule has 0 rings (SSSR count). The molecule has 0 aromatic carbocycles. The predicted octanol–water partition coefficient (Wildman–Crippen LogP) is 3.57. The fourth-order valence-corrected chi connectivity index (χ4v) is 0.319. The van der Waals surface area contributed by atoms with E-state index in [1.807, 2.05) is 6.92 Å². The van der Waals surface area contributed by atoms with Crippen LogP contribution in [-0.4, -0.2) is 5.71 Å². The summed E-state index contributed by atoms with van der Waals surface area (Å²) in [6.07, 6.45) is 3.59. The maximum Gasteiger partial charge on any atom is 0.0374 e. The maximum absolute atomic E-state index is 7.17. The second kappa shape index (κ2) is 9.15. The van der Waals surface area contributed by atoms with Crippen molar-refractivity contribution >= 4 is 5.71 Å². The smallest absolute Gasteiger partial charge is 0.0374 e. The molecular formula is C10H19N. The molecule has 1 heteroatoms. The Morgan fingerprint density at radius 2 is 1.82 bits per heavy atom. The summed E-state index contributed by atoms with van der Waals surface area (Å²) in [6, 6.07) is 0. The molecule has 0 aliphatic carbocycles. The van der Waals surface area contributed by atoms with E-state index in [1.165, 1.54) is 6.42 Å². The fourth-order valence-electron chi connectivity index (χ4n) is 0.319. The standard InChI is InChI=1S/C7H11N.C3H8/c1-4-5-7(8)6(2)3;1-3-2/h4,8H,1-2,5H2,3H3;3H2,1-2H3. The van der Waals surface area contributed by atoms with Gasteiger partial charge in [-0.05, 0) is 12.5 Å². The molecule has 1 nitrogen and oxygen atoms in total. The second-order valence-electron chi connectivity index (χ2n) is 2.46. The van der Waals surface area contributed by atoms with Crippen LogP contribution in [0.25, 0.3) is 0 Å². The van der Waals surface area contributed by atoms with Crippen molar-refractivity contribution in [3.8, 4) is 0 Å². The predicted molar refractivity (Wildman–Crippen MR) is 53.3 cm³/mol. The molecule has 64 valence electrons. The van der Waals surface area contributed by atoms with Gasteiger partial charge in [0, 0.05) is 12.1 Å². The Balaban J connectivity index is 0. The zero-order chi connectivity index (χ0) is 9.28. The Bertz CT molecular complexity index is 134. The molecule has 0 fully saturated rings. The van der Waals surface area contributed by atoms with Gasteiger partial charge in [0.15, 0.2) is 0 Å². The van der Waals surface area contributed by atoms with Crippen LogP contribution in [0.15, 0.2) is 24.8 Å². The van der Waals surface area contributed by atoms with Gasteiger partial charge in [0.1, 0.15) is 0 Å². The van der Waals surface area contributed by atoms with Crippen molar-refractivity contribution in [3.05, 3.63) is 24.8 Å². The summed E-state index contributed by atoms with van der Waals surface area (Å²) in [5, 5.41) is 7.17. The minimum Gasteiger partial charge on any atom is -0.305 e. The minimum absolute atomic E-state index is 0.569. The third-order valence-electron chi connectivity index (χ3n) is 0.864. The van der Waals surface area contributed by atoms with Gasteiger partial charge in [-0.2, -0.15) is 0 Å². The van der Waals surface area contributed by atoms with Crippen LogP contribution in [0.2, 0.25) is 0 Å². The van der Waals surface area contributed by atoms with Crippen molar-refractivity contribution < 1.29 is 0 Å². The van der Waals surface area contributed by atoms with Gasteiger partial charge >= 0.3 is 0 Å². The molecule has 0 aromatic heterocycles. The van der Waals surface area contributed by atoms with E-state index in [1.54, 1.807) is 6.08 Å². The molecule has 0 saturated heterocycles. The molecule has 11 heavy (non-hydrogen) atoms. The highest BCUT2D eigenvalue weighted by Gasteiger charge is 1.90. The van der Waals surface area contributed by atoms with Crippen molar-refractivity contribution in [2.75, 3.05) is 0 Å². The number of allylic oxidation sites excluding steroid dienone is 2. The van der Waals surface area contributed by atoms with E-state index < -0.39 is 0 Å². The Hall–Kier alpha value is -0.850. The SMILES string of the molecule is C=CCC(=N)C(=C)C.CCC. The van der Waals surface area contributed by atoms with E-state index in [0.717, 1.165) is 5.57 Å². The lowest BCUT2D eigenvalue weighted by Crippen LogP contribution is -1.92. The van der Waals surface area contributed by atoms with Gasteiger partial charge in [-0.15, -0.1) is 6.58 Å². The summed E-state index contributed by atoms with van der Waals surface area (Å²) < 4.78 is 0. The van der Waals surface area contributed by atoms with Gasteiger partial charge in [-0.1, -0.05) is 32.9 Å². The lowest BCUT2D eigenvalue weighted by molar-refractivity contribution is 1.09. The van der Waals surface area contributed by atoms with Crippen molar-refractivity contribution in [2.24, 2.45) is 0 Å². The molecular weight excluding hydrogens is 134 g/mol. The molecule has 0 aliphatic rings. The third-order valence-corrected chi connectivity index (χ3v) is 0.864. The van der Waals surface area contributed by atoms with E-state index in [-0.39, 0.29) is 0 Å². The van der Waals surface area contributed by atoms with Crippen LogP contribution in [0.3, 0.4) is 0 Å². The van der Waals surface area contributed by atoms with Crippen molar-refractivity contribution in [1.82, 2.24) is 0 Å². The fraction of sp³-hybridized carbons (Fsp3) is 0.500. The molecule has 0 bridgehead atoms. The lowest BCUT2D eigenvalue weighted by atomic mass is 10.1. The number of hydrogen-bond acceptors (Lipinski definition) is 1. The van der Waals surface area contributed by atoms with Crippen LogP contribution < -0.4 is 0 Å². The molecule has 0 aliphatic heterocycles. The number of nitrogens with one attached hydrogen (secondary N) is 1. The van der Waals surface area contributed by atoms with Crippen LogP contribution >= 0.6 is 0 Å². The van der Waals surface area contributed by atoms with E-state index in [9.17, 15) is 0 Å². The van der Waals surface area contributed by atoms with Crippen LogP contribution in [0.1, 0.15) is 33.6 Å². The largest absolute Gasteiger partial charge is 0.305 e. The topological polar surface area (TPSA) is 23.9 Å². The highest BCUT2D eigenvalue weighted by atomic mass is 14.4. The number of rotatable bonds is 3. The normalized spacial score (nSPS) is 7.55. The first kappa shape index (κ1) is 12.8. The first-order valence-electron chi connectivity index (χ1n) is 3.94. The second-order valence-corrected chi connectivity index (χ2v) is 2.46. The highest BCUT2D eigenvalue weighted by Crippen LogP contribution is 1.94. The molecule has 0 saturated carbocycles. The molecule has 0 heterocycles. The summed E-state index contributed by atoms with van der Waals surface area (Å²) in [5.41, 5.74) is 1.39. The summed E-state index contributed by atoms with van der Waals surface area (Å²) >= 11 is 0. The van der Waals surface area contributed by atoms with Crippen LogP contribution in [-0.2, 0) is 0 Å². The Labute approximate surface area is 70.3 Å². The first-order chi connectivity index (χ1) is 5.09. The van der Waals surface area contributed by atoms with Crippen molar-refractivity contribution in [2.45, 2.75) is 33.6 Å². The quantitative estimate of drug-likeness (QED) is 0.473. The average molecular weight is 153 g/mol. The van der Waals surface area contributed by atoms with Gasteiger partial charge in [0.25, 0.3) is 0 Å². The van der Waals surface area contributed by atoms with Crippen molar-refractivity contribution in [1.29, 1.82) is 5.41 Å². The van der Waals surface area contributed by atoms with Gasteiger partial charge in [0.2, 0.25) is 0 Å². The Morgan fingerprint density at radius 1 is 1.45 bits per heavy atom. The van der Waals surface area contributed by atoms with Gasteiger partial charge in [0.05, 0.1) is 0 Å². The third kappa shape index (κ3) is 12.4. The summed E-state index contributed by atoms with van der Waals surface area (Å²) in [6.45, 7) is 13.2. The monoisotopic (exact) mass is 153 g/mol. The van der Waals surface area contributed by atoms with Gasteiger partial charge < -0.3 is 5.41 Å². The summed E-state index contributed by atoms with van der Waals surface area (Å²) in [5.74, 6) is 0. The van der Waals surface area contributed by atoms with E-state index in [0.29, 0.717) is 12.1 Å². The maximum atomic E-state index is 7.17. The van der Waals surface area contributed by atoms with E-state index in [2.05, 4.69) is 27.0 Å². The molecule has 0 radical (unpaired) electrons. The molecule has 1 N–H and O–H groups in total. The minimum atomic E-state index is 0.569. The Morgan fingerprint density at radius 3 is 1.91 bits per heavy atom. The molecule has 0 spiro atoms. The Kier molecular flexibility index (Phi) is 10.6. The molecule has 0 aromatic rings. The average Bonchev–Trinajstić information content (AvgIpc) is 1.90. The molecule has 0 amide bonds. The summed E-state index contributed by atoms with van der Waals surface area (Å²) in [4.78, 5) is 0. The van der Waals surface area contributed by atoms with E-state index >= 15 is 0 Å². The van der Waals surface area contributed by atoms with Crippen LogP contribution in [0.5, 0.6) is 0 Å². The van der Waals surface area contributed by atoms with E-state index in [4.69, 9.17) is 5.41 Å². The van der Waals surface area contributed by atoms with Crippen LogP contribution in [0, 0.1) is 5.41 Å². The summed E-state index contributed by atoms with van der Waals surface area (Å²) in [7, 11) is 0. The highest BCUT2D eigenvalue weighted by molar-refractivity contribution is 5.97. The van der Waals surface area contributed by atoms with Crippen LogP contribution in [0.4, 0.5) is 0 Å². The number of hydrogen-bond donors (Lipinski definition) is 1. The zero-order valence-corrected chi connectivity index (χ0v) is 7.91. The van der Waals surface area contributed by atoms with Gasteiger partial charge in [-0.25, -0.2) is 0 Å².